The van der Waals surface area contributed by atoms with Gasteiger partial charge in [0.2, 0.25) is 5.91 Å². The number of nitrogens with one attached hydrogen (secondary N) is 2. The van der Waals surface area contributed by atoms with Crippen LogP contribution in [-0.2, 0) is 35.9 Å². The normalized spacial score (nSPS) is 18.5. The zero-order valence-corrected chi connectivity index (χ0v) is 18.2. The number of hydrogen-bond donors (Lipinski definition) is 2. The molecule has 1 atom stereocenters. The summed E-state index contributed by atoms with van der Waals surface area (Å²) in [7, 11) is 0. The van der Waals surface area contributed by atoms with Crippen LogP contribution in [0.1, 0.15) is 27.9 Å². The molecule has 0 saturated carbocycles. The van der Waals surface area contributed by atoms with Crippen molar-refractivity contribution < 1.29 is 9.21 Å². The first kappa shape index (κ1) is 19.2. The third-order valence-electron chi connectivity index (χ3n) is 7.22. The number of oxazole rings is 1. The number of aryl methyl sites for hydroxylation is 2. The van der Waals surface area contributed by atoms with Gasteiger partial charge in [-0.2, -0.15) is 0 Å². The molecule has 166 valence electrons. The van der Waals surface area contributed by atoms with Gasteiger partial charge in [0.05, 0.1) is 16.4 Å². The van der Waals surface area contributed by atoms with Crippen LogP contribution in [0.2, 0.25) is 0 Å². The Kier molecular flexibility index (Phi) is 3.89. The van der Waals surface area contributed by atoms with Gasteiger partial charge < -0.3 is 9.73 Å². The number of benzene rings is 2. The molecule has 1 aliphatic carbocycles. The van der Waals surface area contributed by atoms with Gasteiger partial charge in [-0.25, -0.2) is 9.78 Å². The van der Waals surface area contributed by atoms with Crippen molar-refractivity contribution >= 4 is 33.7 Å². The third-order valence-corrected chi connectivity index (χ3v) is 7.22. The molecule has 2 aliphatic rings. The number of aromatic amines is 1. The number of pyridine rings is 2. The van der Waals surface area contributed by atoms with E-state index in [0.717, 1.165) is 34.1 Å². The zero-order valence-electron chi connectivity index (χ0n) is 18.2. The number of amides is 1. The summed E-state index contributed by atoms with van der Waals surface area (Å²) in [5.41, 5.74) is 6.99. The molecule has 0 fully saturated rings. The number of carbonyl (C=O) groups is 1. The van der Waals surface area contributed by atoms with E-state index in [9.17, 15) is 9.59 Å². The fourth-order valence-corrected chi connectivity index (χ4v) is 5.57. The van der Waals surface area contributed by atoms with E-state index in [0.29, 0.717) is 36.2 Å². The highest BCUT2D eigenvalue weighted by Crippen LogP contribution is 2.47. The molecule has 2 N–H and O–H groups in total. The lowest BCUT2D eigenvalue weighted by molar-refractivity contribution is -0.120. The second kappa shape index (κ2) is 6.87. The molecule has 7 heteroatoms. The van der Waals surface area contributed by atoms with Crippen LogP contribution >= 0.6 is 0 Å². The second-order valence-electron chi connectivity index (χ2n) is 9.21. The summed E-state index contributed by atoms with van der Waals surface area (Å²) in [6.07, 6.45) is 4.49. The number of aromatic nitrogens is 3. The van der Waals surface area contributed by atoms with Gasteiger partial charge in [-0.05, 0) is 72.7 Å². The topological polar surface area (TPSA) is 101 Å². The van der Waals surface area contributed by atoms with E-state index < -0.39 is 11.2 Å². The Morgan fingerprint density at radius 2 is 1.85 bits per heavy atom. The first-order valence-electron chi connectivity index (χ1n) is 11.4. The minimum Gasteiger partial charge on any atom is -0.408 e. The van der Waals surface area contributed by atoms with Crippen molar-refractivity contribution in [3.63, 3.8) is 0 Å². The van der Waals surface area contributed by atoms with E-state index in [1.165, 1.54) is 11.1 Å². The molecule has 34 heavy (non-hydrogen) atoms. The summed E-state index contributed by atoms with van der Waals surface area (Å²) in [6.45, 7) is 0. The number of hydrogen-bond acceptors (Lipinski definition) is 5. The van der Waals surface area contributed by atoms with Gasteiger partial charge in [-0.1, -0.05) is 24.3 Å². The maximum atomic E-state index is 13.0. The summed E-state index contributed by atoms with van der Waals surface area (Å²) in [6, 6.07) is 18.1. The Labute approximate surface area is 193 Å². The lowest BCUT2D eigenvalue weighted by Crippen LogP contribution is -2.35. The van der Waals surface area contributed by atoms with E-state index in [1.54, 1.807) is 6.20 Å². The summed E-state index contributed by atoms with van der Waals surface area (Å²) < 4.78 is 5.32. The minimum absolute atomic E-state index is 0.0284. The lowest BCUT2D eigenvalue weighted by Gasteiger charge is -2.20. The fourth-order valence-electron chi connectivity index (χ4n) is 5.57. The third kappa shape index (κ3) is 2.76. The summed E-state index contributed by atoms with van der Waals surface area (Å²) in [4.78, 5) is 36.5. The molecule has 5 aromatic rings. The molecule has 1 aliphatic heterocycles. The summed E-state index contributed by atoms with van der Waals surface area (Å²) >= 11 is 0. The first-order valence-corrected chi connectivity index (χ1v) is 11.4. The van der Waals surface area contributed by atoms with Crippen molar-refractivity contribution in [3.8, 4) is 0 Å². The molecule has 1 unspecified atom stereocenters. The Morgan fingerprint density at radius 1 is 0.971 bits per heavy atom. The smallest absolute Gasteiger partial charge is 0.408 e. The van der Waals surface area contributed by atoms with Crippen molar-refractivity contribution in [1.82, 2.24) is 15.0 Å². The van der Waals surface area contributed by atoms with Crippen LogP contribution in [0.4, 0.5) is 5.82 Å². The quantitative estimate of drug-likeness (QED) is 0.437. The Hall–Kier alpha value is -4.26. The molecule has 4 heterocycles. The number of anilines is 1. The van der Waals surface area contributed by atoms with Crippen LogP contribution in [0.25, 0.3) is 22.0 Å². The monoisotopic (exact) mass is 448 g/mol. The number of fused-ring (bicyclic) bond motifs is 5. The predicted octanol–water partition coefficient (Wildman–Crippen LogP) is 3.84. The molecule has 1 spiro atoms. The molecular weight excluding hydrogens is 428 g/mol. The zero-order chi connectivity index (χ0) is 22.9. The van der Waals surface area contributed by atoms with E-state index in [2.05, 4.69) is 33.5 Å². The van der Waals surface area contributed by atoms with Gasteiger partial charge in [-0.15, -0.1) is 0 Å². The average molecular weight is 448 g/mol. The van der Waals surface area contributed by atoms with Gasteiger partial charge in [-0.3, -0.25) is 14.8 Å². The van der Waals surface area contributed by atoms with Gasteiger partial charge in [0.15, 0.2) is 5.58 Å². The minimum atomic E-state index is -0.578. The van der Waals surface area contributed by atoms with Gasteiger partial charge >= 0.3 is 5.76 Å². The Bertz CT molecular complexity index is 1700. The van der Waals surface area contributed by atoms with Crippen LogP contribution in [0, 0.1) is 0 Å². The molecule has 1 amide bonds. The van der Waals surface area contributed by atoms with Crippen molar-refractivity contribution in [2.24, 2.45) is 0 Å². The van der Waals surface area contributed by atoms with Gasteiger partial charge in [0.1, 0.15) is 5.82 Å². The van der Waals surface area contributed by atoms with E-state index >= 15 is 0 Å². The SMILES string of the molecule is O=C1Nc2ncccc2C12Cc1cc3ccc(CCc4cccc5[nH]c(=O)oc45)nc3cc1C2. The van der Waals surface area contributed by atoms with Crippen LogP contribution in [0.5, 0.6) is 0 Å². The fraction of sp³-hybridized carbons (Fsp3) is 0.185. The second-order valence-corrected chi connectivity index (χ2v) is 9.21. The van der Waals surface area contributed by atoms with Crippen LogP contribution in [-0.4, -0.2) is 20.9 Å². The molecular formula is C27H20N4O3. The van der Waals surface area contributed by atoms with Crippen LogP contribution in [0.3, 0.4) is 0 Å². The maximum absolute atomic E-state index is 13.0. The lowest BCUT2D eigenvalue weighted by atomic mass is 9.79. The molecule has 7 nitrogen and oxygen atoms in total. The standard InChI is InChI=1S/C27H20N4O3/c32-25-27(20-4-2-10-28-24(20)31-25)13-17-11-16-7-9-19(29-22(16)12-18(17)14-27)8-6-15-3-1-5-21-23(15)34-26(33)30-21/h1-5,7,9-12H,6,8,13-14H2,(H,30,33)(H,28,31,32). The largest absolute Gasteiger partial charge is 0.417 e. The first-order chi connectivity index (χ1) is 16.6. The molecule has 0 bridgehead atoms. The molecule has 0 saturated heterocycles. The summed E-state index contributed by atoms with van der Waals surface area (Å²) in [5.74, 6) is 0.270. The number of carbonyl (C=O) groups excluding carboxylic acids is 1. The van der Waals surface area contributed by atoms with Crippen molar-refractivity contribution in [2.75, 3.05) is 5.32 Å². The number of H-pyrrole nitrogens is 1. The summed E-state index contributed by atoms with van der Waals surface area (Å²) in [5, 5.41) is 4.04. The molecule has 2 aromatic carbocycles. The predicted molar refractivity (Wildman–Crippen MR) is 128 cm³/mol. The molecule has 3 aromatic heterocycles. The highest BCUT2D eigenvalue weighted by Gasteiger charge is 2.51. The van der Waals surface area contributed by atoms with Crippen molar-refractivity contribution in [3.05, 3.63) is 99.3 Å². The van der Waals surface area contributed by atoms with Gasteiger partial charge in [0, 0.05) is 22.8 Å². The highest BCUT2D eigenvalue weighted by atomic mass is 16.4. The highest BCUT2D eigenvalue weighted by molar-refractivity contribution is 6.06. The van der Waals surface area contributed by atoms with Crippen LogP contribution in [0.15, 0.2) is 70.0 Å². The average Bonchev–Trinajstić information content (AvgIpc) is 3.49. The van der Waals surface area contributed by atoms with Gasteiger partial charge in [0.25, 0.3) is 0 Å². The number of nitrogens with zero attached hydrogens (tertiary/aromatic N) is 2. The maximum Gasteiger partial charge on any atom is 0.417 e. The van der Waals surface area contributed by atoms with Crippen LogP contribution < -0.4 is 11.1 Å². The Balaban J connectivity index is 1.20. The Morgan fingerprint density at radius 3 is 2.76 bits per heavy atom. The van der Waals surface area contributed by atoms with Crippen molar-refractivity contribution in [2.45, 2.75) is 31.1 Å². The van der Waals surface area contributed by atoms with E-state index in [-0.39, 0.29) is 5.91 Å². The van der Waals surface area contributed by atoms with E-state index in [4.69, 9.17) is 9.40 Å². The van der Waals surface area contributed by atoms with Crippen molar-refractivity contribution in [1.29, 1.82) is 0 Å². The van der Waals surface area contributed by atoms with E-state index in [1.807, 2.05) is 36.4 Å². The molecule has 7 rings (SSSR count). The number of para-hydroxylation sites is 1. The molecule has 0 radical (unpaired) electrons. The number of rotatable bonds is 3.